The van der Waals surface area contributed by atoms with E-state index in [1.807, 2.05) is 72.8 Å². The summed E-state index contributed by atoms with van der Waals surface area (Å²) in [6.45, 7) is 4.66. The largest absolute Gasteiger partial charge is 0.356 e. The molecule has 0 amide bonds. The van der Waals surface area contributed by atoms with Crippen LogP contribution in [-0.4, -0.2) is 0 Å². The van der Waals surface area contributed by atoms with Gasteiger partial charge in [-0.25, -0.2) is 0 Å². The van der Waals surface area contributed by atoms with E-state index < -0.39 is 0 Å². The summed E-state index contributed by atoms with van der Waals surface area (Å²) in [7, 11) is 0. The van der Waals surface area contributed by atoms with E-state index in [0.717, 1.165) is 45.5 Å². The molecule has 0 aliphatic heterocycles. The first-order valence-electron chi connectivity index (χ1n) is 36.6. The molecule has 18 rings (SSSR count). The fraction of sp³-hybridized carbons (Fsp3) is 0.0291. The summed E-state index contributed by atoms with van der Waals surface area (Å²) < 4.78 is 0. The van der Waals surface area contributed by atoms with Crippen LogP contribution in [0.4, 0.5) is 45.5 Å². The monoisotopic (exact) mass is 1370 g/mol. The van der Waals surface area contributed by atoms with Gasteiger partial charge >= 0.3 is 0 Å². The van der Waals surface area contributed by atoms with Crippen molar-refractivity contribution in [1.29, 1.82) is 0 Å². The lowest BCUT2D eigenvalue weighted by atomic mass is 9.81. The lowest BCUT2D eigenvalue weighted by molar-refractivity contribution is 0.661. The zero-order valence-electron chi connectivity index (χ0n) is 60.1. The Morgan fingerprint density at radius 2 is 0.402 bits per heavy atom. The minimum absolute atomic E-state index is 0.0240. The topological polar surface area (TPSA) is 48.1 Å². The average Bonchev–Trinajstić information content (AvgIpc) is 1.58. The third kappa shape index (κ3) is 17.1. The van der Waals surface area contributed by atoms with E-state index in [1.54, 1.807) is 0 Å². The fourth-order valence-corrected chi connectivity index (χ4v) is 13.9. The highest BCUT2D eigenvalue weighted by molar-refractivity contribution is 5.97. The summed E-state index contributed by atoms with van der Waals surface area (Å²) in [5.74, 6) is 0. The van der Waals surface area contributed by atoms with Crippen molar-refractivity contribution in [1.82, 2.24) is 0 Å². The lowest BCUT2D eigenvalue weighted by Gasteiger charge is -2.22. The maximum Gasteiger partial charge on any atom is 0.0387 e. The molecule has 0 saturated heterocycles. The molecule has 0 heterocycles. The molecule has 4 nitrogen and oxygen atoms in total. The second-order valence-corrected chi connectivity index (χ2v) is 27.2. The van der Waals surface area contributed by atoms with Crippen molar-refractivity contribution >= 4 is 56.3 Å². The van der Waals surface area contributed by atoms with Crippen LogP contribution >= 0.6 is 0 Å². The summed E-state index contributed by atoms with van der Waals surface area (Å²) in [5, 5.41) is 16.4. The Labute approximate surface area is 629 Å². The van der Waals surface area contributed by atoms with Gasteiger partial charge < -0.3 is 21.3 Å². The van der Waals surface area contributed by atoms with Crippen molar-refractivity contribution in [3.05, 3.63) is 448 Å². The van der Waals surface area contributed by atoms with E-state index in [1.165, 1.54) is 111 Å². The van der Waals surface area contributed by atoms with Gasteiger partial charge in [-0.15, -0.1) is 0 Å². The van der Waals surface area contributed by atoms with Crippen molar-refractivity contribution in [3.8, 4) is 89.0 Å². The zero-order chi connectivity index (χ0) is 72.4. The van der Waals surface area contributed by atoms with Crippen LogP contribution < -0.4 is 21.3 Å². The van der Waals surface area contributed by atoms with Crippen LogP contribution in [0.2, 0.25) is 0 Å². The van der Waals surface area contributed by atoms with E-state index in [-0.39, 0.29) is 5.41 Å². The van der Waals surface area contributed by atoms with Gasteiger partial charge in [-0.05, 0) is 220 Å². The predicted molar refractivity (Wildman–Crippen MR) is 458 cm³/mol. The minimum atomic E-state index is -0.0240. The molecule has 107 heavy (non-hydrogen) atoms. The van der Waals surface area contributed by atoms with Crippen molar-refractivity contribution < 1.29 is 0 Å². The molecule has 4 heteroatoms. The Bertz CT molecular complexity index is 5680. The van der Waals surface area contributed by atoms with Crippen molar-refractivity contribution in [2.75, 3.05) is 21.3 Å². The predicted octanol–water partition coefficient (Wildman–Crippen LogP) is 28.8. The van der Waals surface area contributed by atoms with Crippen molar-refractivity contribution in [2.24, 2.45) is 0 Å². The number of hydrogen-bond acceptors (Lipinski definition) is 4. The number of hydrogen-bond donors (Lipinski definition) is 4. The molecule has 17 aromatic rings. The van der Waals surface area contributed by atoms with Gasteiger partial charge in [-0.3, -0.25) is 0 Å². The molecule has 0 radical (unpaired) electrons. The van der Waals surface area contributed by atoms with E-state index >= 15 is 0 Å². The number of fused-ring (bicyclic) bond motifs is 4. The fourth-order valence-electron chi connectivity index (χ4n) is 13.9. The second-order valence-electron chi connectivity index (χ2n) is 27.2. The molecule has 0 aromatic heterocycles. The smallest absolute Gasteiger partial charge is 0.0387 e. The van der Waals surface area contributed by atoms with Crippen LogP contribution in [0.15, 0.2) is 437 Å². The van der Waals surface area contributed by atoms with E-state index in [0.29, 0.717) is 0 Å². The van der Waals surface area contributed by atoms with Gasteiger partial charge in [0.25, 0.3) is 0 Å². The quantitative estimate of drug-likeness (QED) is 0.0826. The van der Waals surface area contributed by atoms with Crippen LogP contribution in [0.5, 0.6) is 0 Å². The standard InChI is InChI=1S/C28H21N.C27H23N.2C24H19N/c1-2-9-25(10-3-1)29-26-19-17-22(18-20-26)21-13-15-24(16-14-21)28-12-6-8-23-7-4-5-11-27(23)28;1-27(2)25-17-20(19-9-5-3-6-10-19)13-15-23(25)24-16-14-22(18-26(24)27)28-21-11-7-4-8-12-21;1-3-8-19(9-4-1)21-10-7-11-22(18-21)20-14-16-24(17-15-20)25-23-12-5-2-6-13-23;1-3-7-19(8-4-1)20-11-13-21(14-12-20)22-15-17-24(18-16-22)25-23-9-5-2-6-10-23/h1-20,29H;3-18,28H,1-2H3;2*1-18,25H. The molecular formula is C103H82N4. The number of anilines is 8. The zero-order valence-corrected chi connectivity index (χ0v) is 60.1. The highest BCUT2D eigenvalue weighted by atomic mass is 14.9. The molecule has 0 saturated carbocycles. The normalized spacial score (nSPS) is 11.3. The molecule has 17 aromatic carbocycles. The minimum Gasteiger partial charge on any atom is -0.356 e. The number of benzene rings is 17. The van der Waals surface area contributed by atoms with Crippen LogP contribution in [0, 0.1) is 0 Å². The third-order valence-corrected chi connectivity index (χ3v) is 19.6. The second kappa shape index (κ2) is 33.1. The van der Waals surface area contributed by atoms with E-state index in [4.69, 9.17) is 0 Å². The highest BCUT2D eigenvalue weighted by Crippen LogP contribution is 2.51. The Morgan fingerprint density at radius 3 is 0.813 bits per heavy atom. The number of rotatable bonds is 15. The molecule has 0 atom stereocenters. The van der Waals surface area contributed by atoms with Crippen LogP contribution in [-0.2, 0) is 5.41 Å². The van der Waals surface area contributed by atoms with E-state index in [2.05, 4.69) is 399 Å². The van der Waals surface area contributed by atoms with Gasteiger partial charge in [-0.2, -0.15) is 0 Å². The summed E-state index contributed by atoms with van der Waals surface area (Å²) in [5.41, 5.74) is 31.7. The Kier molecular flexibility index (Phi) is 21.3. The van der Waals surface area contributed by atoms with Crippen LogP contribution in [0.25, 0.3) is 99.8 Å². The van der Waals surface area contributed by atoms with Gasteiger partial charge in [0.05, 0.1) is 0 Å². The Hall–Kier alpha value is -13.8. The average molecular weight is 1380 g/mol. The molecule has 0 unspecified atom stereocenters. The van der Waals surface area contributed by atoms with Gasteiger partial charge in [0.1, 0.15) is 0 Å². The van der Waals surface area contributed by atoms with Crippen LogP contribution in [0.3, 0.4) is 0 Å². The summed E-state index contributed by atoms with van der Waals surface area (Å²) >= 11 is 0. The molecular weight excluding hydrogens is 1290 g/mol. The molecule has 1 aliphatic carbocycles. The molecule has 514 valence electrons. The highest BCUT2D eigenvalue weighted by Gasteiger charge is 2.36. The maximum absolute atomic E-state index is 3.54. The summed E-state index contributed by atoms with van der Waals surface area (Å²) in [6, 6.07) is 153. The Balaban J connectivity index is 0.000000114. The number of nitrogens with one attached hydrogen (secondary N) is 4. The van der Waals surface area contributed by atoms with Gasteiger partial charge in [0, 0.05) is 50.9 Å². The summed E-state index contributed by atoms with van der Waals surface area (Å²) in [6.07, 6.45) is 0. The van der Waals surface area contributed by atoms with Gasteiger partial charge in [-0.1, -0.05) is 341 Å². The Morgan fingerprint density at radius 1 is 0.159 bits per heavy atom. The van der Waals surface area contributed by atoms with Gasteiger partial charge in [0.15, 0.2) is 0 Å². The van der Waals surface area contributed by atoms with Gasteiger partial charge in [0.2, 0.25) is 0 Å². The molecule has 1 aliphatic rings. The van der Waals surface area contributed by atoms with Crippen LogP contribution in [0.1, 0.15) is 25.0 Å². The SMILES string of the molecule is CC1(C)c2cc(Nc3ccccc3)ccc2-c2ccc(-c3ccccc3)cc21.c1ccc(Nc2ccc(-c3ccc(-c4cccc5ccccc45)cc3)cc2)cc1.c1ccc(Nc2ccc(-c3ccc(-c4ccccc4)cc3)cc2)cc1.c1ccc(Nc2ccc(-c3cccc(-c4ccccc4)c3)cc2)cc1. The van der Waals surface area contributed by atoms with Crippen molar-refractivity contribution in [3.63, 3.8) is 0 Å². The van der Waals surface area contributed by atoms with Crippen molar-refractivity contribution in [2.45, 2.75) is 19.3 Å². The van der Waals surface area contributed by atoms with E-state index in [9.17, 15) is 0 Å². The number of para-hydroxylation sites is 4. The first-order chi connectivity index (χ1) is 52.8. The summed E-state index contributed by atoms with van der Waals surface area (Å²) in [4.78, 5) is 0. The molecule has 0 bridgehead atoms. The third-order valence-electron chi connectivity index (χ3n) is 19.6. The molecule has 4 N–H and O–H groups in total. The lowest BCUT2D eigenvalue weighted by Crippen LogP contribution is -2.15. The molecule has 0 fully saturated rings. The molecule has 0 spiro atoms. The maximum atomic E-state index is 3.54. The first kappa shape index (κ1) is 68.9. The first-order valence-corrected chi connectivity index (χ1v) is 36.6.